The number of hydrogen-bond donors (Lipinski definition) is 2. The van der Waals surface area contributed by atoms with Crippen molar-refractivity contribution >= 4 is 40.5 Å². The standard InChI is InChI=1S/C29H39FN8O3/c1-17(2)41-27(39)18-15-32-28(35-26(18)38-16-29(3,4)25-21(38)9-10-24(30)34-25)33-20-13-19(31)22(14-23(20)40-8)37(7)12-11-36(5)6/h9-10,13-15,17H,11-12,16,31H2,1-8H3,(H,32,33,35). The summed E-state index contributed by atoms with van der Waals surface area (Å²) in [6.45, 7) is 9.53. The summed E-state index contributed by atoms with van der Waals surface area (Å²) in [6, 6.07) is 6.58. The van der Waals surface area contributed by atoms with E-state index in [0.717, 1.165) is 18.8 Å². The Morgan fingerprint density at radius 3 is 2.59 bits per heavy atom. The molecule has 0 unspecified atom stereocenters. The summed E-state index contributed by atoms with van der Waals surface area (Å²) in [7, 11) is 7.59. The minimum atomic E-state index is -0.566. The molecule has 12 heteroatoms. The van der Waals surface area contributed by atoms with E-state index in [1.807, 2.05) is 46.0 Å². The van der Waals surface area contributed by atoms with Crippen LogP contribution in [0.4, 0.5) is 38.9 Å². The maximum Gasteiger partial charge on any atom is 0.343 e. The largest absolute Gasteiger partial charge is 0.494 e. The zero-order valence-corrected chi connectivity index (χ0v) is 24.9. The second-order valence-electron chi connectivity index (χ2n) is 11.3. The number of likely N-dealkylation sites (N-methyl/N-ethyl adjacent to an activating group) is 2. The Balaban J connectivity index is 1.74. The lowest BCUT2D eigenvalue weighted by Crippen LogP contribution is -2.29. The maximum absolute atomic E-state index is 14.1. The topological polar surface area (TPSA) is 122 Å². The number of carbonyl (C=O) groups excluding carboxylic acids is 1. The number of rotatable bonds is 10. The molecular formula is C29H39FN8O3. The molecule has 0 saturated carbocycles. The van der Waals surface area contributed by atoms with Crippen molar-refractivity contribution < 1.29 is 18.7 Å². The number of benzene rings is 1. The van der Waals surface area contributed by atoms with E-state index >= 15 is 0 Å². The van der Waals surface area contributed by atoms with Crippen LogP contribution in [-0.2, 0) is 10.2 Å². The average molecular weight is 567 g/mol. The van der Waals surface area contributed by atoms with Gasteiger partial charge >= 0.3 is 5.97 Å². The third-order valence-corrected chi connectivity index (χ3v) is 6.80. The van der Waals surface area contributed by atoms with E-state index in [0.29, 0.717) is 40.9 Å². The van der Waals surface area contributed by atoms with Crippen LogP contribution in [0.3, 0.4) is 0 Å². The van der Waals surface area contributed by atoms with Gasteiger partial charge in [0, 0.05) is 44.4 Å². The number of aromatic nitrogens is 3. The molecule has 0 spiro atoms. The van der Waals surface area contributed by atoms with Gasteiger partial charge in [-0.05, 0) is 46.1 Å². The molecule has 3 aromatic rings. The number of carbonyl (C=O) groups is 1. The molecule has 0 fully saturated rings. The fraction of sp³-hybridized carbons (Fsp3) is 0.448. The number of pyridine rings is 1. The van der Waals surface area contributed by atoms with Crippen LogP contribution in [0.25, 0.3) is 0 Å². The number of nitrogens with two attached hydrogens (primary N) is 1. The third-order valence-electron chi connectivity index (χ3n) is 6.80. The number of nitrogen functional groups attached to an aromatic ring is 1. The van der Waals surface area contributed by atoms with Crippen LogP contribution in [0.1, 0.15) is 43.7 Å². The van der Waals surface area contributed by atoms with Gasteiger partial charge in [-0.25, -0.2) is 14.8 Å². The first-order valence-electron chi connectivity index (χ1n) is 13.4. The van der Waals surface area contributed by atoms with Crippen LogP contribution >= 0.6 is 0 Å². The van der Waals surface area contributed by atoms with Gasteiger partial charge < -0.3 is 35.2 Å². The SMILES string of the molecule is COc1cc(N(C)CCN(C)C)c(N)cc1Nc1ncc(C(=O)OC(C)C)c(N2CC(C)(C)c3nc(F)ccc32)n1. The third kappa shape index (κ3) is 6.43. The van der Waals surface area contributed by atoms with Crippen LogP contribution in [0.15, 0.2) is 30.5 Å². The molecule has 0 aliphatic carbocycles. The minimum absolute atomic E-state index is 0.182. The predicted molar refractivity (Wildman–Crippen MR) is 159 cm³/mol. The first-order chi connectivity index (χ1) is 19.3. The minimum Gasteiger partial charge on any atom is -0.494 e. The van der Waals surface area contributed by atoms with Gasteiger partial charge in [-0.15, -0.1) is 0 Å². The number of methoxy groups -OCH3 is 1. The number of nitrogens with one attached hydrogen (secondary N) is 1. The zero-order chi connectivity index (χ0) is 30.1. The van der Waals surface area contributed by atoms with Gasteiger partial charge in [0.25, 0.3) is 0 Å². The Labute approximate surface area is 240 Å². The highest BCUT2D eigenvalue weighted by molar-refractivity contribution is 5.96. The van der Waals surface area contributed by atoms with Crippen LogP contribution in [-0.4, -0.2) is 79.8 Å². The fourth-order valence-electron chi connectivity index (χ4n) is 4.72. The lowest BCUT2D eigenvalue weighted by atomic mass is 9.91. The molecule has 1 aliphatic heterocycles. The Kier molecular flexibility index (Phi) is 8.52. The second kappa shape index (κ2) is 11.7. The van der Waals surface area contributed by atoms with Gasteiger partial charge in [0.2, 0.25) is 11.9 Å². The molecule has 3 heterocycles. The summed E-state index contributed by atoms with van der Waals surface area (Å²) in [6.07, 6.45) is 1.09. The molecule has 0 radical (unpaired) electrons. The highest BCUT2D eigenvalue weighted by atomic mass is 19.1. The highest BCUT2D eigenvalue weighted by Crippen LogP contribution is 2.44. The molecule has 1 aromatic carbocycles. The van der Waals surface area contributed by atoms with Gasteiger partial charge in [-0.1, -0.05) is 13.8 Å². The second-order valence-corrected chi connectivity index (χ2v) is 11.3. The van der Waals surface area contributed by atoms with E-state index in [2.05, 4.69) is 25.1 Å². The average Bonchev–Trinajstić information content (AvgIpc) is 3.16. The van der Waals surface area contributed by atoms with Crippen molar-refractivity contribution in [3.63, 3.8) is 0 Å². The molecule has 4 rings (SSSR count). The zero-order valence-electron chi connectivity index (χ0n) is 24.9. The van der Waals surface area contributed by atoms with Crippen molar-refractivity contribution in [1.82, 2.24) is 19.9 Å². The van der Waals surface area contributed by atoms with Crippen molar-refractivity contribution in [2.24, 2.45) is 0 Å². The number of ether oxygens (including phenoxy) is 2. The molecule has 0 amide bonds. The van der Waals surface area contributed by atoms with E-state index in [4.69, 9.17) is 20.2 Å². The van der Waals surface area contributed by atoms with Crippen molar-refractivity contribution in [3.8, 4) is 5.75 Å². The van der Waals surface area contributed by atoms with Gasteiger partial charge in [-0.3, -0.25) is 0 Å². The van der Waals surface area contributed by atoms with Gasteiger partial charge in [0.05, 0.1) is 41.7 Å². The highest BCUT2D eigenvalue weighted by Gasteiger charge is 2.40. The van der Waals surface area contributed by atoms with Crippen molar-refractivity contribution in [2.45, 2.75) is 39.2 Å². The Hall–Kier alpha value is -4.19. The van der Waals surface area contributed by atoms with Gasteiger partial charge in [-0.2, -0.15) is 9.37 Å². The van der Waals surface area contributed by atoms with Crippen LogP contribution in [0, 0.1) is 5.95 Å². The summed E-state index contributed by atoms with van der Waals surface area (Å²) in [5, 5.41) is 3.20. The number of halogens is 1. The smallest absolute Gasteiger partial charge is 0.343 e. The normalized spacial score (nSPS) is 13.9. The monoisotopic (exact) mass is 566 g/mol. The number of fused-ring (bicyclic) bond motifs is 1. The van der Waals surface area contributed by atoms with Crippen LogP contribution in [0.2, 0.25) is 0 Å². The Morgan fingerprint density at radius 2 is 1.93 bits per heavy atom. The fourth-order valence-corrected chi connectivity index (χ4v) is 4.72. The van der Waals surface area contributed by atoms with Gasteiger partial charge in [0.15, 0.2) is 5.82 Å². The van der Waals surface area contributed by atoms with Crippen molar-refractivity contribution in [3.05, 3.63) is 47.7 Å². The summed E-state index contributed by atoms with van der Waals surface area (Å²) < 4.78 is 25.2. The quantitative estimate of drug-likeness (QED) is 0.207. The molecule has 0 saturated heterocycles. The van der Waals surface area contributed by atoms with Gasteiger partial charge in [0.1, 0.15) is 11.3 Å². The van der Waals surface area contributed by atoms with E-state index in [-0.39, 0.29) is 17.6 Å². The molecule has 0 atom stereocenters. The molecule has 1 aliphatic rings. The molecule has 220 valence electrons. The Morgan fingerprint density at radius 1 is 1.20 bits per heavy atom. The lowest BCUT2D eigenvalue weighted by molar-refractivity contribution is 0.0378. The lowest BCUT2D eigenvalue weighted by Gasteiger charge is -2.25. The molecular weight excluding hydrogens is 527 g/mol. The van der Waals surface area contributed by atoms with E-state index in [9.17, 15) is 9.18 Å². The van der Waals surface area contributed by atoms with E-state index in [1.54, 1.807) is 33.1 Å². The van der Waals surface area contributed by atoms with Crippen LogP contribution < -0.4 is 25.6 Å². The van der Waals surface area contributed by atoms with E-state index in [1.165, 1.54) is 12.3 Å². The number of anilines is 6. The van der Waals surface area contributed by atoms with Crippen molar-refractivity contribution in [1.29, 1.82) is 0 Å². The number of esters is 1. The molecule has 2 aromatic heterocycles. The number of nitrogens with zero attached hydrogens (tertiary/aromatic N) is 6. The van der Waals surface area contributed by atoms with Crippen LogP contribution in [0.5, 0.6) is 5.75 Å². The molecule has 3 N–H and O–H groups in total. The summed E-state index contributed by atoms with van der Waals surface area (Å²) >= 11 is 0. The van der Waals surface area contributed by atoms with Crippen molar-refractivity contribution in [2.75, 3.05) is 68.7 Å². The first kappa shape index (κ1) is 29.8. The van der Waals surface area contributed by atoms with E-state index < -0.39 is 17.3 Å². The molecule has 11 nitrogen and oxygen atoms in total. The molecule has 0 bridgehead atoms. The summed E-state index contributed by atoms with van der Waals surface area (Å²) in [5.41, 5.74) is 9.31. The Bertz CT molecular complexity index is 1430. The predicted octanol–water partition coefficient (Wildman–Crippen LogP) is 4.34. The maximum atomic E-state index is 14.1. The summed E-state index contributed by atoms with van der Waals surface area (Å²) in [5.74, 6) is -0.0423. The molecule has 41 heavy (non-hydrogen) atoms. The number of hydrogen-bond acceptors (Lipinski definition) is 11. The summed E-state index contributed by atoms with van der Waals surface area (Å²) in [4.78, 5) is 32.4. The first-order valence-corrected chi connectivity index (χ1v) is 13.4.